The fourth-order valence-electron chi connectivity index (χ4n) is 1.38. The van der Waals surface area contributed by atoms with Gasteiger partial charge in [0, 0.05) is 16.2 Å². The summed E-state index contributed by atoms with van der Waals surface area (Å²) in [4.78, 5) is 11.9. The Morgan fingerprint density at radius 2 is 2.11 bits per heavy atom. The van der Waals surface area contributed by atoms with Gasteiger partial charge in [-0.1, -0.05) is 27.5 Å². The van der Waals surface area contributed by atoms with E-state index in [1.807, 2.05) is 0 Å². The van der Waals surface area contributed by atoms with Crippen molar-refractivity contribution in [2.75, 3.05) is 12.4 Å². The van der Waals surface area contributed by atoms with Gasteiger partial charge in [-0.15, -0.1) is 10.2 Å². The average molecular weight is 343 g/mol. The first kappa shape index (κ1) is 13.8. The molecule has 0 aliphatic rings. The third kappa shape index (κ3) is 3.65. The number of halogens is 2. The molecule has 7 heteroatoms. The summed E-state index contributed by atoms with van der Waals surface area (Å²) in [7, 11) is 1.55. The molecule has 0 radical (unpaired) electrons. The van der Waals surface area contributed by atoms with E-state index in [4.69, 9.17) is 16.3 Å². The predicted octanol–water partition coefficient (Wildman–Crippen LogP) is 3.15. The van der Waals surface area contributed by atoms with Crippen LogP contribution < -0.4 is 10.1 Å². The third-order valence-electron chi connectivity index (χ3n) is 2.23. The van der Waals surface area contributed by atoms with Crippen LogP contribution in [0.2, 0.25) is 5.15 Å². The quantitative estimate of drug-likeness (QED) is 0.930. The van der Waals surface area contributed by atoms with Crippen LogP contribution in [-0.2, 0) is 0 Å². The summed E-state index contributed by atoms with van der Waals surface area (Å²) >= 11 is 8.94. The lowest BCUT2D eigenvalue weighted by Crippen LogP contribution is -2.14. The average Bonchev–Trinajstić information content (AvgIpc) is 2.38. The second-order valence-corrected chi connectivity index (χ2v) is 4.88. The Morgan fingerprint density at radius 3 is 2.74 bits per heavy atom. The van der Waals surface area contributed by atoms with Gasteiger partial charge in [0.05, 0.1) is 7.11 Å². The molecule has 0 aliphatic carbocycles. The molecule has 0 unspecified atom stereocenters. The Hall–Kier alpha value is -1.66. The molecule has 1 N–H and O–H groups in total. The van der Waals surface area contributed by atoms with Gasteiger partial charge in [0.1, 0.15) is 5.75 Å². The number of benzene rings is 1. The van der Waals surface area contributed by atoms with Crippen molar-refractivity contribution in [3.63, 3.8) is 0 Å². The van der Waals surface area contributed by atoms with Crippen LogP contribution in [0.3, 0.4) is 0 Å². The van der Waals surface area contributed by atoms with Crippen LogP contribution >= 0.6 is 27.5 Å². The predicted molar refractivity (Wildman–Crippen MR) is 75.7 cm³/mol. The van der Waals surface area contributed by atoms with Gasteiger partial charge in [-0.25, -0.2) is 0 Å². The lowest BCUT2D eigenvalue weighted by atomic mass is 10.3. The van der Waals surface area contributed by atoms with Crippen molar-refractivity contribution in [3.8, 4) is 5.75 Å². The highest BCUT2D eigenvalue weighted by atomic mass is 79.9. The molecule has 0 bridgehead atoms. The van der Waals surface area contributed by atoms with E-state index in [9.17, 15) is 4.79 Å². The topological polar surface area (TPSA) is 64.1 Å². The number of aromatic nitrogens is 2. The van der Waals surface area contributed by atoms with Gasteiger partial charge in [-0.05, 0) is 24.3 Å². The Labute approximate surface area is 123 Å². The first-order valence-corrected chi connectivity index (χ1v) is 6.41. The molecule has 2 rings (SSSR count). The molecule has 1 amide bonds. The second-order valence-electron chi connectivity index (χ2n) is 3.58. The van der Waals surface area contributed by atoms with Crippen LogP contribution in [0.5, 0.6) is 5.75 Å². The van der Waals surface area contributed by atoms with Crippen LogP contribution in [-0.4, -0.2) is 23.2 Å². The smallest absolute Gasteiger partial charge is 0.276 e. The number of anilines is 1. The highest BCUT2D eigenvalue weighted by Crippen LogP contribution is 2.24. The van der Waals surface area contributed by atoms with Gasteiger partial charge >= 0.3 is 0 Å². The van der Waals surface area contributed by atoms with E-state index in [1.165, 1.54) is 12.1 Å². The van der Waals surface area contributed by atoms with Gasteiger partial charge in [0.2, 0.25) is 0 Å². The molecule has 0 saturated carbocycles. The number of carbonyl (C=O) groups excluding carboxylic acids is 1. The molecule has 1 aromatic carbocycles. The summed E-state index contributed by atoms with van der Waals surface area (Å²) in [5.74, 6) is 0.260. The molecule has 0 spiro atoms. The minimum absolute atomic E-state index is 0.184. The van der Waals surface area contributed by atoms with E-state index in [1.54, 1.807) is 25.3 Å². The molecule has 0 fully saturated rings. The van der Waals surface area contributed by atoms with Crippen molar-refractivity contribution in [3.05, 3.63) is 45.7 Å². The number of rotatable bonds is 3. The zero-order chi connectivity index (χ0) is 13.8. The van der Waals surface area contributed by atoms with E-state index < -0.39 is 0 Å². The van der Waals surface area contributed by atoms with Crippen molar-refractivity contribution in [2.24, 2.45) is 0 Å². The number of methoxy groups -OCH3 is 1. The van der Waals surface area contributed by atoms with Gasteiger partial charge in [0.15, 0.2) is 10.8 Å². The standard InChI is InChI=1S/C12H9BrClN3O2/c1-19-9-5-7(13)4-8(6-9)15-12(18)10-2-3-11(14)17-16-10/h2-6H,1H3,(H,15,18). The Kier molecular flexibility index (Phi) is 4.34. The van der Waals surface area contributed by atoms with Crippen molar-refractivity contribution < 1.29 is 9.53 Å². The number of amides is 1. The van der Waals surface area contributed by atoms with Crippen LogP contribution in [0.15, 0.2) is 34.8 Å². The van der Waals surface area contributed by atoms with Gasteiger partial charge < -0.3 is 10.1 Å². The van der Waals surface area contributed by atoms with E-state index in [0.29, 0.717) is 11.4 Å². The largest absolute Gasteiger partial charge is 0.497 e. The molecule has 98 valence electrons. The van der Waals surface area contributed by atoms with Crippen molar-refractivity contribution in [2.45, 2.75) is 0 Å². The fourth-order valence-corrected chi connectivity index (χ4v) is 1.96. The van der Waals surface area contributed by atoms with Gasteiger partial charge in [-0.2, -0.15) is 0 Å². The molecule has 0 atom stereocenters. The van der Waals surface area contributed by atoms with E-state index in [0.717, 1.165) is 4.47 Å². The summed E-state index contributed by atoms with van der Waals surface area (Å²) in [5.41, 5.74) is 0.774. The molecule has 1 heterocycles. The molecule has 19 heavy (non-hydrogen) atoms. The molecule has 0 aliphatic heterocycles. The minimum atomic E-state index is -0.371. The molecular formula is C12H9BrClN3O2. The number of hydrogen-bond donors (Lipinski definition) is 1. The number of nitrogens with zero attached hydrogens (tertiary/aromatic N) is 2. The summed E-state index contributed by atoms with van der Waals surface area (Å²) in [5, 5.41) is 10.3. The molecular weight excluding hydrogens is 334 g/mol. The van der Waals surface area contributed by atoms with Crippen LogP contribution in [0.4, 0.5) is 5.69 Å². The number of ether oxygens (including phenoxy) is 1. The Bertz CT molecular complexity index is 604. The first-order valence-electron chi connectivity index (χ1n) is 5.23. The van der Waals surface area contributed by atoms with Crippen molar-refractivity contribution in [1.29, 1.82) is 0 Å². The Morgan fingerprint density at radius 1 is 1.32 bits per heavy atom. The summed E-state index contributed by atoms with van der Waals surface area (Å²) < 4.78 is 5.91. The minimum Gasteiger partial charge on any atom is -0.497 e. The summed E-state index contributed by atoms with van der Waals surface area (Å²) in [6.07, 6.45) is 0. The molecule has 2 aromatic rings. The van der Waals surface area contributed by atoms with Crippen LogP contribution in [0, 0.1) is 0 Å². The highest BCUT2D eigenvalue weighted by molar-refractivity contribution is 9.10. The molecule has 1 aromatic heterocycles. The van der Waals surface area contributed by atoms with Gasteiger partial charge in [0.25, 0.3) is 5.91 Å². The SMILES string of the molecule is COc1cc(Br)cc(NC(=O)c2ccc(Cl)nn2)c1. The normalized spacial score (nSPS) is 10.1. The molecule has 0 saturated heterocycles. The van der Waals surface area contributed by atoms with Crippen molar-refractivity contribution >= 4 is 39.1 Å². The summed E-state index contributed by atoms with van der Waals surface area (Å²) in [6.45, 7) is 0. The number of hydrogen-bond acceptors (Lipinski definition) is 4. The monoisotopic (exact) mass is 341 g/mol. The Balaban J connectivity index is 2.18. The maximum absolute atomic E-state index is 11.9. The van der Waals surface area contributed by atoms with Crippen molar-refractivity contribution in [1.82, 2.24) is 10.2 Å². The second kappa shape index (κ2) is 5.99. The van der Waals surface area contributed by atoms with Gasteiger partial charge in [-0.3, -0.25) is 4.79 Å². The van der Waals surface area contributed by atoms with Crippen LogP contribution in [0.25, 0.3) is 0 Å². The van der Waals surface area contributed by atoms with E-state index in [2.05, 4.69) is 31.4 Å². The maximum Gasteiger partial charge on any atom is 0.276 e. The number of nitrogens with one attached hydrogen (secondary N) is 1. The lowest BCUT2D eigenvalue weighted by Gasteiger charge is -2.07. The lowest BCUT2D eigenvalue weighted by molar-refractivity contribution is 0.102. The number of carbonyl (C=O) groups is 1. The first-order chi connectivity index (χ1) is 9.08. The maximum atomic E-state index is 11.9. The third-order valence-corrected chi connectivity index (χ3v) is 2.89. The fraction of sp³-hybridized carbons (Fsp3) is 0.0833. The zero-order valence-electron chi connectivity index (χ0n) is 9.85. The molecule has 5 nitrogen and oxygen atoms in total. The van der Waals surface area contributed by atoms with E-state index in [-0.39, 0.29) is 16.8 Å². The summed E-state index contributed by atoms with van der Waals surface area (Å²) in [6, 6.07) is 8.25. The van der Waals surface area contributed by atoms with E-state index >= 15 is 0 Å². The van der Waals surface area contributed by atoms with Crippen LogP contribution in [0.1, 0.15) is 10.5 Å². The zero-order valence-corrected chi connectivity index (χ0v) is 12.2. The highest BCUT2D eigenvalue weighted by Gasteiger charge is 2.09.